The molecule has 0 heterocycles. The molecule has 0 aliphatic rings. The molecule has 0 spiro atoms. The molecule has 3 N–H and O–H groups in total. The van der Waals surface area contributed by atoms with Crippen LogP contribution in [-0.4, -0.2) is 18.5 Å². The van der Waals surface area contributed by atoms with E-state index >= 15 is 0 Å². The summed E-state index contributed by atoms with van der Waals surface area (Å²) in [4.78, 5) is 10.8. The van der Waals surface area contributed by atoms with Crippen molar-refractivity contribution in [1.82, 2.24) is 5.32 Å². The van der Waals surface area contributed by atoms with Crippen LogP contribution in [0.1, 0.15) is 20.3 Å². The maximum atomic E-state index is 10.8. The van der Waals surface area contributed by atoms with E-state index in [1.54, 1.807) is 6.08 Å². The van der Waals surface area contributed by atoms with Gasteiger partial charge in [-0.3, -0.25) is 4.79 Å². The van der Waals surface area contributed by atoms with Crippen molar-refractivity contribution in [3.05, 3.63) is 12.2 Å². The highest BCUT2D eigenvalue weighted by Crippen LogP contribution is 1.82. The zero-order chi connectivity index (χ0) is 8.69. The summed E-state index contributed by atoms with van der Waals surface area (Å²) in [6, 6.07) is 0.154. The fourth-order valence-electron chi connectivity index (χ4n) is 0.633. The Morgan fingerprint density at radius 2 is 2.36 bits per heavy atom. The molecule has 0 fully saturated rings. The van der Waals surface area contributed by atoms with Crippen molar-refractivity contribution in [3.63, 3.8) is 0 Å². The molecule has 0 radical (unpaired) electrons. The molecule has 0 bridgehead atoms. The first-order chi connectivity index (χ1) is 5.16. The van der Waals surface area contributed by atoms with Gasteiger partial charge in [-0.1, -0.05) is 6.08 Å². The Labute approximate surface area is 67.7 Å². The molecule has 3 heteroatoms. The topological polar surface area (TPSA) is 55.1 Å². The average Bonchev–Trinajstić information content (AvgIpc) is 1.87. The average molecular weight is 156 g/mol. The number of hydrogen-bond acceptors (Lipinski definition) is 2. The molecule has 0 aromatic rings. The molecule has 0 saturated carbocycles. The van der Waals surface area contributed by atoms with Gasteiger partial charge in [0.1, 0.15) is 0 Å². The van der Waals surface area contributed by atoms with E-state index in [4.69, 9.17) is 5.73 Å². The highest BCUT2D eigenvalue weighted by Gasteiger charge is 1.95. The number of nitrogens with two attached hydrogens (primary N) is 1. The molecular weight excluding hydrogens is 140 g/mol. The van der Waals surface area contributed by atoms with Crippen molar-refractivity contribution in [1.29, 1.82) is 0 Å². The van der Waals surface area contributed by atoms with Crippen LogP contribution in [0.25, 0.3) is 0 Å². The first-order valence-corrected chi connectivity index (χ1v) is 3.83. The summed E-state index contributed by atoms with van der Waals surface area (Å²) in [6.07, 6.45) is 4.03. The highest BCUT2D eigenvalue weighted by molar-refractivity contribution is 5.87. The van der Waals surface area contributed by atoms with Gasteiger partial charge >= 0.3 is 0 Å². The summed E-state index contributed by atoms with van der Waals surface area (Å²) >= 11 is 0. The van der Waals surface area contributed by atoms with Gasteiger partial charge in [-0.05, 0) is 26.3 Å². The molecule has 3 nitrogen and oxygen atoms in total. The molecule has 0 aliphatic carbocycles. The highest BCUT2D eigenvalue weighted by atomic mass is 16.1. The van der Waals surface area contributed by atoms with Gasteiger partial charge in [-0.2, -0.15) is 0 Å². The van der Waals surface area contributed by atoms with Crippen LogP contribution in [0.15, 0.2) is 12.2 Å². The molecule has 11 heavy (non-hydrogen) atoms. The molecule has 0 aromatic heterocycles. The Balaban J connectivity index is 3.32. The second-order valence-electron chi connectivity index (χ2n) is 2.56. The number of nitrogens with one attached hydrogen (secondary N) is 1. The van der Waals surface area contributed by atoms with Crippen LogP contribution in [0.4, 0.5) is 0 Å². The van der Waals surface area contributed by atoms with Crippen LogP contribution in [0.5, 0.6) is 0 Å². The summed E-state index contributed by atoms with van der Waals surface area (Å²) in [6.45, 7) is 4.38. The van der Waals surface area contributed by atoms with E-state index in [0.29, 0.717) is 6.54 Å². The van der Waals surface area contributed by atoms with Crippen molar-refractivity contribution in [3.8, 4) is 0 Å². The lowest BCUT2D eigenvalue weighted by Gasteiger charge is -2.04. The van der Waals surface area contributed by atoms with Crippen molar-refractivity contribution in [2.45, 2.75) is 26.3 Å². The number of allylic oxidation sites excluding steroid dienone is 1. The largest absolute Gasteiger partial charge is 0.353 e. The first-order valence-electron chi connectivity index (χ1n) is 3.83. The maximum absolute atomic E-state index is 10.8. The predicted octanol–water partition coefficient (Wildman–Crippen LogP) is 0.416. The van der Waals surface area contributed by atoms with Gasteiger partial charge in [-0.25, -0.2) is 0 Å². The van der Waals surface area contributed by atoms with Gasteiger partial charge in [-0.15, -0.1) is 0 Å². The standard InChI is InChI=1S/C8H16N2O/c1-3-4-8(11)10-6-5-7(2)9/h3-4,7H,5-6,9H2,1-2H3,(H,10,11). The molecule has 1 unspecified atom stereocenters. The molecule has 1 atom stereocenters. The Morgan fingerprint density at radius 1 is 1.73 bits per heavy atom. The van der Waals surface area contributed by atoms with Crippen LogP contribution in [0, 0.1) is 0 Å². The Hall–Kier alpha value is -0.830. The van der Waals surface area contributed by atoms with E-state index in [2.05, 4.69) is 5.32 Å². The predicted molar refractivity (Wildman–Crippen MR) is 46.1 cm³/mol. The first kappa shape index (κ1) is 10.2. The van der Waals surface area contributed by atoms with Crippen LogP contribution in [0.2, 0.25) is 0 Å². The molecule has 1 amide bonds. The number of rotatable bonds is 4. The molecule has 0 aliphatic heterocycles. The van der Waals surface area contributed by atoms with Gasteiger partial charge in [0.2, 0.25) is 5.91 Å². The van der Waals surface area contributed by atoms with E-state index in [1.807, 2.05) is 13.8 Å². The van der Waals surface area contributed by atoms with E-state index < -0.39 is 0 Å². The molecule has 0 aromatic carbocycles. The van der Waals surface area contributed by atoms with Crippen molar-refractivity contribution < 1.29 is 4.79 Å². The van der Waals surface area contributed by atoms with Gasteiger partial charge < -0.3 is 11.1 Å². The van der Waals surface area contributed by atoms with Gasteiger partial charge in [0.25, 0.3) is 0 Å². The normalized spacial score (nSPS) is 13.4. The number of hydrogen-bond donors (Lipinski definition) is 2. The third-order valence-corrected chi connectivity index (χ3v) is 1.22. The third kappa shape index (κ3) is 7.06. The van der Waals surface area contributed by atoms with Crippen LogP contribution >= 0.6 is 0 Å². The second-order valence-corrected chi connectivity index (χ2v) is 2.56. The van der Waals surface area contributed by atoms with Crippen LogP contribution in [0.3, 0.4) is 0 Å². The summed E-state index contributed by atoms with van der Waals surface area (Å²) in [5, 5.41) is 2.71. The van der Waals surface area contributed by atoms with Crippen LogP contribution < -0.4 is 11.1 Å². The molecule has 0 rings (SSSR count). The Bertz CT molecular complexity index is 141. The number of carbonyl (C=O) groups is 1. The monoisotopic (exact) mass is 156 g/mol. The Morgan fingerprint density at radius 3 is 2.82 bits per heavy atom. The second kappa shape index (κ2) is 5.92. The van der Waals surface area contributed by atoms with Gasteiger partial charge in [0.05, 0.1) is 0 Å². The summed E-state index contributed by atoms with van der Waals surface area (Å²) in [5.74, 6) is -0.0480. The van der Waals surface area contributed by atoms with Crippen molar-refractivity contribution >= 4 is 5.91 Å². The SMILES string of the molecule is CC=CC(=O)NCCC(C)N. The zero-order valence-electron chi connectivity index (χ0n) is 7.13. The Kier molecular flexibility index (Phi) is 5.47. The molecular formula is C8H16N2O. The number of carbonyl (C=O) groups excluding carboxylic acids is 1. The number of amides is 1. The van der Waals surface area contributed by atoms with Crippen molar-refractivity contribution in [2.24, 2.45) is 5.73 Å². The minimum Gasteiger partial charge on any atom is -0.353 e. The molecule has 0 saturated heterocycles. The van der Waals surface area contributed by atoms with E-state index in [1.165, 1.54) is 6.08 Å². The van der Waals surface area contributed by atoms with Crippen molar-refractivity contribution in [2.75, 3.05) is 6.54 Å². The van der Waals surface area contributed by atoms with E-state index in [-0.39, 0.29) is 11.9 Å². The lowest BCUT2D eigenvalue weighted by molar-refractivity contribution is -0.116. The van der Waals surface area contributed by atoms with E-state index in [0.717, 1.165) is 6.42 Å². The zero-order valence-corrected chi connectivity index (χ0v) is 7.13. The summed E-state index contributed by atoms with van der Waals surface area (Å²) < 4.78 is 0. The molecule has 64 valence electrons. The fraction of sp³-hybridized carbons (Fsp3) is 0.625. The van der Waals surface area contributed by atoms with Gasteiger partial charge in [0.15, 0.2) is 0 Å². The summed E-state index contributed by atoms with van der Waals surface area (Å²) in [5.41, 5.74) is 5.48. The lowest BCUT2D eigenvalue weighted by Crippen LogP contribution is -2.27. The van der Waals surface area contributed by atoms with Gasteiger partial charge in [0, 0.05) is 12.6 Å². The van der Waals surface area contributed by atoms with Crippen LogP contribution in [-0.2, 0) is 4.79 Å². The smallest absolute Gasteiger partial charge is 0.243 e. The third-order valence-electron chi connectivity index (χ3n) is 1.22. The maximum Gasteiger partial charge on any atom is 0.243 e. The minimum absolute atomic E-state index is 0.0480. The summed E-state index contributed by atoms with van der Waals surface area (Å²) in [7, 11) is 0. The quantitative estimate of drug-likeness (QED) is 0.579. The fourth-order valence-corrected chi connectivity index (χ4v) is 0.633. The van der Waals surface area contributed by atoms with E-state index in [9.17, 15) is 4.79 Å². The lowest BCUT2D eigenvalue weighted by atomic mass is 10.2. The minimum atomic E-state index is -0.0480.